The van der Waals surface area contributed by atoms with Gasteiger partial charge in [0.15, 0.2) is 15.9 Å². The second-order valence-corrected chi connectivity index (χ2v) is 9.25. The highest BCUT2D eigenvalue weighted by molar-refractivity contribution is 7.91. The second-order valence-electron chi connectivity index (χ2n) is 6.64. The van der Waals surface area contributed by atoms with Crippen LogP contribution in [0.1, 0.15) is 30.9 Å². The van der Waals surface area contributed by atoms with Crippen molar-refractivity contribution in [2.24, 2.45) is 5.92 Å². The molecular weight excluding hydrogens is 380 g/mol. The molecule has 1 aromatic rings. The summed E-state index contributed by atoms with van der Waals surface area (Å²) in [6.07, 6.45) is -0.301. The molecule has 2 rings (SSSR count). The lowest BCUT2D eigenvalue weighted by atomic mass is 10.1. The molecule has 0 aliphatic carbocycles. The van der Waals surface area contributed by atoms with Gasteiger partial charge in [0.05, 0.1) is 11.5 Å². The average molecular weight is 403 g/mol. The smallest absolute Gasteiger partial charge is 0.279 e. The molecule has 1 heterocycles. The lowest BCUT2D eigenvalue weighted by molar-refractivity contribution is -0.133. The minimum atomic E-state index is -3.03. The van der Waals surface area contributed by atoms with E-state index < -0.39 is 27.8 Å². The predicted molar refractivity (Wildman–Crippen MR) is 98.7 cm³/mol. The van der Waals surface area contributed by atoms with Crippen LogP contribution in [0.3, 0.4) is 0 Å². The van der Waals surface area contributed by atoms with Crippen LogP contribution in [0.5, 0.6) is 5.75 Å². The van der Waals surface area contributed by atoms with Gasteiger partial charge in [-0.15, -0.1) is 0 Å². The van der Waals surface area contributed by atoms with E-state index in [-0.39, 0.29) is 23.8 Å². The van der Waals surface area contributed by atoms with Crippen molar-refractivity contribution in [2.45, 2.75) is 39.7 Å². The van der Waals surface area contributed by atoms with Crippen molar-refractivity contribution in [2.75, 3.05) is 11.5 Å². The maximum absolute atomic E-state index is 12.1. The normalized spacial score (nSPS) is 19.6. The van der Waals surface area contributed by atoms with Crippen LogP contribution in [-0.4, -0.2) is 37.8 Å². The van der Waals surface area contributed by atoms with Crippen molar-refractivity contribution < 1.29 is 22.7 Å². The van der Waals surface area contributed by atoms with Crippen molar-refractivity contribution in [1.82, 2.24) is 10.9 Å². The number of amides is 2. The van der Waals surface area contributed by atoms with Gasteiger partial charge in [-0.3, -0.25) is 20.4 Å². The van der Waals surface area contributed by atoms with Crippen molar-refractivity contribution in [1.29, 1.82) is 0 Å². The van der Waals surface area contributed by atoms with E-state index in [9.17, 15) is 18.0 Å². The topological polar surface area (TPSA) is 102 Å². The Hall–Kier alpha value is -1.80. The standard InChI is InChI=1S/C17H23ClN2O5S/c1-10-6-14(7-11(2)16(10)18)25-12(3)17(22)20-19-15(21)8-13-4-5-26(23,24)9-13/h6-7,12-13H,4-5,8-9H2,1-3H3,(H,19,21)(H,20,22)/t12-,13-/m1/s1. The number of sulfone groups is 1. The molecule has 1 fully saturated rings. The molecule has 1 aliphatic rings. The largest absolute Gasteiger partial charge is 0.481 e. The first-order chi connectivity index (χ1) is 12.1. The number of nitrogens with one attached hydrogen (secondary N) is 2. The Morgan fingerprint density at radius 2 is 1.88 bits per heavy atom. The van der Waals surface area contributed by atoms with Crippen molar-refractivity contribution in [3.8, 4) is 5.75 Å². The Balaban J connectivity index is 1.81. The highest BCUT2D eigenvalue weighted by atomic mass is 35.5. The van der Waals surface area contributed by atoms with Gasteiger partial charge in [0, 0.05) is 11.4 Å². The molecule has 1 saturated heterocycles. The minimum absolute atomic E-state index is 0.0170. The molecule has 1 aromatic carbocycles. The third-order valence-corrected chi connectivity index (χ3v) is 6.65. The number of hydrazine groups is 1. The molecule has 2 amide bonds. The minimum Gasteiger partial charge on any atom is -0.481 e. The summed E-state index contributed by atoms with van der Waals surface area (Å²) < 4.78 is 28.4. The van der Waals surface area contributed by atoms with E-state index in [0.29, 0.717) is 17.2 Å². The monoisotopic (exact) mass is 402 g/mol. The molecule has 0 unspecified atom stereocenters. The number of rotatable bonds is 5. The summed E-state index contributed by atoms with van der Waals surface area (Å²) in [5, 5.41) is 0.649. The zero-order valence-electron chi connectivity index (χ0n) is 15.0. The van der Waals surface area contributed by atoms with Gasteiger partial charge in [-0.1, -0.05) is 11.6 Å². The Bertz CT molecular complexity index is 786. The Kier molecular flexibility index (Phi) is 6.52. The van der Waals surface area contributed by atoms with Gasteiger partial charge in [0.25, 0.3) is 5.91 Å². The summed E-state index contributed by atoms with van der Waals surface area (Å²) in [4.78, 5) is 23.9. The molecule has 0 saturated carbocycles. The third kappa shape index (κ3) is 5.60. The van der Waals surface area contributed by atoms with Crippen LogP contribution in [0.2, 0.25) is 5.02 Å². The molecular formula is C17H23ClN2O5S. The molecule has 0 spiro atoms. The van der Waals surface area contributed by atoms with E-state index in [0.717, 1.165) is 11.1 Å². The highest BCUT2D eigenvalue weighted by Crippen LogP contribution is 2.26. The summed E-state index contributed by atoms with van der Waals surface area (Å²) in [7, 11) is -3.03. The molecule has 0 aromatic heterocycles. The van der Waals surface area contributed by atoms with Crippen molar-refractivity contribution in [3.63, 3.8) is 0 Å². The molecule has 144 valence electrons. The molecule has 26 heavy (non-hydrogen) atoms. The van der Waals surface area contributed by atoms with Crippen LogP contribution in [-0.2, 0) is 19.4 Å². The fraction of sp³-hybridized carbons (Fsp3) is 0.529. The maximum Gasteiger partial charge on any atom is 0.279 e. The van der Waals surface area contributed by atoms with Crippen LogP contribution < -0.4 is 15.6 Å². The number of carbonyl (C=O) groups excluding carboxylic acids is 2. The number of halogens is 1. The van der Waals surface area contributed by atoms with Gasteiger partial charge in [0.1, 0.15) is 5.75 Å². The van der Waals surface area contributed by atoms with Gasteiger partial charge >= 0.3 is 0 Å². The first-order valence-corrected chi connectivity index (χ1v) is 10.5. The second kappa shape index (κ2) is 8.26. The number of carbonyl (C=O) groups is 2. The summed E-state index contributed by atoms with van der Waals surface area (Å²) in [6, 6.07) is 3.47. The fourth-order valence-corrected chi connectivity index (χ4v) is 4.78. The quantitative estimate of drug-likeness (QED) is 0.730. The fourth-order valence-electron chi connectivity index (χ4n) is 2.81. The lowest BCUT2D eigenvalue weighted by Gasteiger charge is -2.17. The first kappa shape index (κ1) is 20.5. The van der Waals surface area contributed by atoms with E-state index >= 15 is 0 Å². The zero-order valence-corrected chi connectivity index (χ0v) is 16.5. The summed E-state index contributed by atoms with van der Waals surface area (Å²) in [6.45, 7) is 5.25. The number of ether oxygens (including phenoxy) is 1. The van der Waals surface area contributed by atoms with Crippen LogP contribution in [0.25, 0.3) is 0 Å². The van der Waals surface area contributed by atoms with Crippen LogP contribution in [0, 0.1) is 19.8 Å². The molecule has 9 heteroatoms. The number of hydrogen-bond donors (Lipinski definition) is 2. The van der Waals surface area contributed by atoms with Crippen molar-refractivity contribution >= 4 is 33.3 Å². The molecule has 0 radical (unpaired) electrons. The van der Waals surface area contributed by atoms with E-state index in [1.165, 1.54) is 0 Å². The van der Waals surface area contributed by atoms with Crippen LogP contribution in [0.4, 0.5) is 0 Å². The molecule has 2 N–H and O–H groups in total. The SMILES string of the molecule is Cc1cc(O[C@H](C)C(=O)NNC(=O)C[C@H]2CCS(=O)(=O)C2)cc(C)c1Cl. The highest BCUT2D eigenvalue weighted by Gasteiger charge is 2.29. The number of benzene rings is 1. The number of aryl methyl sites for hydroxylation is 2. The van der Waals surface area contributed by atoms with Gasteiger partial charge in [-0.25, -0.2) is 8.42 Å². The molecule has 7 nitrogen and oxygen atoms in total. The van der Waals surface area contributed by atoms with Gasteiger partial charge < -0.3 is 4.74 Å². The first-order valence-electron chi connectivity index (χ1n) is 8.30. The van der Waals surface area contributed by atoms with E-state index in [1.807, 2.05) is 13.8 Å². The van der Waals surface area contributed by atoms with E-state index in [4.69, 9.17) is 16.3 Å². The van der Waals surface area contributed by atoms with Crippen LogP contribution in [0.15, 0.2) is 12.1 Å². The maximum atomic E-state index is 12.1. The Morgan fingerprint density at radius 3 is 2.42 bits per heavy atom. The van der Waals surface area contributed by atoms with Gasteiger partial charge in [-0.2, -0.15) is 0 Å². The lowest BCUT2D eigenvalue weighted by Crippen LogP contribution is -2.47. The van der Waals surface area contributed by atoms with E-state index in [1.54, 1.807) is 19.1 Å². The Labute approximate surface area is 158 Å². The summed E-state index contributed by atoms with van der Waals surface area (Å²) >= 11 is 6.10. The average Bonchev–Trinajstić information content (AvgIpc) is 2.88. The summed E-state index contributed by atoms with van der Waals surface area (Å²) in [5.74, 6) is -0.501. The molecule has 2 atom stereocenters. The summed E-state index contributed by atoms with van der Waals surface area (Å²) in [5.41, 5.74) is 6.28. The van der Waals surface area contributed by atoms with Crippen molar-refractivity contribution in [3.05, 3.63) is 28.3 Å². The zero-order chi connectivity index (χ0) is 19.5. The van der Waals surface area contributed by atoms with Gasteiger partial charge in [0.2, 0.25) is 5.91 Å². The van der Waals surface area contributed by atoms with Gasteiger partial charge in [-0.05, 0) is 56.4 Å². The Morgan fingerprint density at radius 1 is 1.27 bits per heavy atom. The third-order valence-electron chi connectivity index (χ3n) is 4.22. The molecule has 1 aliphatic heterocycles. The number of hydrogen-bond acceptors (Lipinski definition) is 5. The molecule has 0 bridgehead atoms. The van der Waals surface area contributed by atoms with E-state index in [2.05, 4.69) is 10.9 Å². The predicted octanol–water partition coefficient (Wildman–Crippen LogP) is 1.70. The van der Waals surface area contributed by atoms with Crippen LogP contribution >= 0.6 is 11.6 Å².